The van der Waals surface area contributed by atoms with Crippen LogP contribution >= 0.6 is 11.6 Å². The van der Waals surface area contributed by atoms with Gasteiger partial charge in [-0.3, -0.25) is 9.59 Å². The van der Waals surface area contributed by atoms with Crippen LogP contribution in [0.5, 0.6) is 0 Å². The number of fused-ring (bicyclic) bond motifs is 1. The minimum atomic E-state index is 0.00863. The lowest BCUT2D eigenvalue weighted by Crippen LogP contribution is -2.42. The van der Waals surface area contributed by atoms with Gasteiger partial charge in [0.2, 0.25) is 5.91 Å². The zero-order valence-corrected chi connectivity index (χ0v) is 14.1. The van der Waals surface area contributed by atoms with E-state index >= 15 is 0 Å². The van der Waals surface area contributed by atoms with Crippen LogP contribution in [0.1, 0.15) is 23.2 Å². The van der Waals surface area contributed by atoms with Crippen LogP contribution in [0.25, 0.3) is 10.9 Å². The second-order valence-corrected chi connectivity index (χ2v) is 6.63. The van der Waals surface area contributed by atoms with Crippen molar-refractivity contribution < 1.29 is 9.59 Å². The van der Waals surface area contributed by atoms with E-state index in [9.17, 15) is 9.59 Å². The smallest absolute Gasteiger partial charge is 0.256 e. The van der Waals surface area contributed by atoms with Gasteiger partial charge < -0.3 is 14.8 Å². The van der Waals surface area contributed by atoms with Gasteiger partial charge in [-0.05, 0) is 25.0 Å². The van der Waals surface area contributed by atoms with E-state index in [-0.39, 0.29) is 17.7 Å². The Morgan fingerprint density at radius 1 is 1.26 bits per heavy atom. The number of benzene rings is 1. The molecule has 2 amide bonds. The molecule has 0 radical (unpaired) electrons. The third kappa shape index (κ3) is 3.06. The summed E-state index contributed by atoms with van der Waals surface area (Å²) in [5.74, 6) is 0.184. The summed E-state index contributed by atoms with van der Waals surface area (Å²) in [6.07, 6.45) is 3.17. The minimum absolute atomic E-state index is 0.00863. The second kappa shape index (κ2) is 6.24. The van der Waals surface area contributed by atoms with Gasteiger partial charge in [-0.1, -0.05) is 17.7 Å². The fraction of sp³-hybridized carbons (Fsp3) is 0.412. The number of hydrogen-bond acceptors (Lipinski definition) is 2. The highest BCUT2D eigenvalue weighted by molar-refractivity contribution is 6.31. The predicted molar refractivity (Wildman–Crippen MR) is 90.6 cm³/mol. The quantitative estimate of drug-likeness (QED) is 0.918. The first-order valence-corrected chi connectivity index (χ1v) is 8.12. The molecule has 1 N–H and O–H groups in total. The standard InChI is InChI=1S/C17H20ClN3O2/c1-20(2)16(22)11-5-7-21(8-6-11)17(23)14-10-19-15-9-12(18)3-4-13(14)15/h3-4,9-11,19H,5-8H2,1-2H3. The van der Waals surface area contributed by atoms with E-state index in [2.05, 4.69) is 4.98 Å². The van der Waals surface area contributed by atoms with Crippen molar-refractivity contribution in [1.29, 1.82) is 0 Å². The first-order valence-electron chi connectivity index (χ1n) is 7.74. The maximum Gasteiger partial charge on any atom is 0.256 e. The fourth-order valence-electron chi connectivity index (χ4n) is 3.14. The number of hydrogen-bond donors (Lipinski definition) is 1. The molecule has 1 aromatic carbocycles. The van der Waals surface area contributed by atoms with Crippen LogP contribution in [0.3, 0.4) is 0 Å². The lowest BCUT2D eigenvalue weighted by atomic mass is 9.95. The molecule has 5 nitrogen and oxygen atoms in total. The summed E-state index contributed by atoms with van der Waals surface area (Å²) in [5, 5.41) is 1.52. The van der Waals surface area contributed by atoms with Gasteiger partial charge in [0.15, 0.2) is 0 Å². The summed E-state index contributed by atoms with van der Waals surface area (Å²) in [7, 11) is 3.55. The zero-order valence-electron chi connectivity index (χ0n) is 13.3. The van der Waals surface area contributed by atoms with Crippen molar-refractivity contribution in [2.45, 2.75) is 12.8 Å². The first kappa shape index (κ1) is 15.9. The van der Waals surface area contributed by atoms with Crippen molar-refractivity contribution in [2.75, 3.05) is 27.2 Å². The average Bonchev–Trinajstić information content (AvgIpc) is 2.96. The molecule has 1 aliphatic rings. The highest BCUT2D eigenvalue weighted by Crippen LogP contribution is 2.25. The molecule has 23 heavy (non-hydrogen) atoms. The maximum absolute atomic E-state index is 12.7. The van der Waals surface area contributed by atoms with Gasteiger partial charge in [0, 0.05) is 55.2 Å². The van der Waals surface area contributed by atoms with Crippen LogP contribution in [-0.2, 0) is 4.79 Å². The topological polar surface area (TPSA) is 56.4 Å². The number of piperidine rings is 1. The third-order valence-corrected chi connectivity index (χ3v) is 4.68. The molecule has 6 heteroatoms. The molecule has 3 rings (SSSR count). The van der Waals surface area contributed by atoms with Crippen molar-refractivity contribution in [1.82, 2.24) is 14.8 Å². The van der Waals surface area contributed by atoms with Crippen LogP contribution in [0, 0.1) is 5.92 Å². The summed E-state index contributed by atoms with van der Waals surface area (Å²) < 4.78 is 0. The number of carbonyl (C=O) groups is 2. The summed E-state index contributed by atoms with van der Waals surface area (Å²) in [4.78, 5) is 31.3. The minimum Gasteiger partial charge on any atom is -0.360 e. The number of amides is 2. The molecule has 2 aromatic rings. The summed E-state index contributed by atoms with van der Waals surface area (Å²) >= 11 is 5.98. The van der Waals surface area contributed by atoms with E-state index < -0.39 is 0 Å². The van der Waals surface area contributed by atoms with E-state index in [0.29, 0.717) is 23.7 Å². The molecule has 0 atom stereocenters. The average molecular weight is 334 g/mol. The summed E-state index contributed by atoms with van der Waals surface area (Å²) in [6, 6.07) is 5.47. The molecule has 1 aromatic heterocycles. The molecule has 1 aliphatic heterocycles. The van der Waals surface area contributed by atoms with E-state index in [4.69, 9.17) is 11.6 Å². The van der Waals surface area contributed by atoms with Crippen molar-refractivity contribution in [3.63, 3.8) is 0 Å². The Bertz CT molecular complexity index is 745. The van der Waals surface area contributed by atoms with E-state index in [0.717, 1.165) is 23.7 Å². The van der Waals surface area contributed by atoms with Gasteiger partial charge in [0.25, 0.3) is 5.91 Å². The van der Waals surface area contributed by atoms with Crippen molar-refractivity contribution >= 4 is 34.3 Å². The van der Waals surface area contributed by atoms with Crippen molar-refractivity contribution in [3.05, 3.63) is 35.0 Å². The number of H-pyrrole nitrogens is 1. The van der Waals surface area contributed by atoms with Crippen LogP contribution in [0.2, 0.25) is 5.02 Å². The lowest BCUT2D eigenvalue weighted by Gasteiger charge is -2.32. The number of aromatic nitrogens is 1. The molecule has 0 spiro atoms. The number of likely N-dealkylation sites (tertiary alicyclic amines) is 1. The highest BCUT2D eigenvalue weighted by atomic mass is 35.5. The number of nitrogens with one attached hydrogen (secondary N) is 1. The Hall–Kier alpha value is -2.01. The second-order valence-electron chi connectivity index (χ2n) is 6.19. The lowest BCUT2D eigenvalue weighted by molar-refractivity contribution is -0.134. The number of rotatable bonds is 2. The number of halogens is 1. The van der Waals surface area contributed by atoms with Gasteiger partial charge in [0.1, 0.15) is 0 Å². The van der Waals surface area contributed by atoms with E-state index in [1.165, 1.54) is 0 Å². The largest absolute Gasteiger partial charge is 0.360 e. The summed E-state index contributed by atoms with van der Waals surface area (Å²) in [5.41, 5.74) is 1.52. The molecule has 0 bridgehead atoms. The van der Waals surface area contributed by atoms with Gasteiger partial charge in [-0.15, -0.1) is 0 Å². The van der Waals surface area contributed by atoms with Gasteiger partial charge in [0.05, 0.1) is 5.56 Å². The van der Waals surface area contributed by atoms with E-state index in [1.54, 1.807) is 31.3 Å². The van der Waals surface area contributed by atoms with Crippen LogP contribution < -0.4 is 0 Å². The van der Waals surface area contributed by atoms with Gasteiger partial charge in [-0.25, -0.2) is 0 Å². The van der Waals surface area contributed by atoms with Crippen molar-refractivity contribution in [3.8, 4) is 0 Å². The molecule has 2 heterocycles. The molecule has 1 saturated heterocycles. The molecular formula is C17H20ClN3O2. The van der Waals surface area contributed by atoms with Crippen LogP contribution in [0.15, 0.2) is 24.4 Å². The fourth-order valence-corrected chi connectivity index (χ4v) is 3.31. The Morgan fingerprint density at radius 3 is 2.61 bits per heavy atom. The number of nitrogens with zero attached hydrogens (tertiary/aromatic N) is 2. The monoisotopic (exact) mass is 333 g/mol. The Labute approximate surface area is 140 Å². The maximum atomic E-state index is 12.7. The van der Waals surface area contributed by atoms with Crippen LogP contribution in [0.4, 0.5) is 0 Å². The SMILES string of the molecule is CN(C)C(=O)C1CCN(C(=O)c2c[nH]c3cc(Cl)ccc23)CC1. The predicted octanol–water partition coefficient (Wildman–Crippen LogP) is 2.76. The molecular weight excluding hydrogens is 314 g/mol. The molecule has 0 unspecified atom stereocenters. The zero-order chi connectivity index (χ0) is 16.6. The Kier molecular flexibility index (Phi) is 4.31. The number of aromatic amines is 1. The highest BCUT2D eigenvalue weighted by Gasteiger charge is 2.29. The molecule has 1 fully saturated rings. The van der Waals surface area contributed by atoms with E-state index in [1.807, 2.05) is 17.0 Å². The van der Waals surface area contributed by atoms with Crippen LogP contribution in [-0.4, -0.2) is 53.8 Å². The number of carbonyl (C=O) groups excluding carboxylic acids is 2. The summed E-state index contributed by atoms with van der Waals surface area (Å²) in [6.45, 7) is 1.23. The Balaban J connectivity index is 1.73. The molecule has 0 saturated carbocycles. The van der Waals surface area contributed by atoms with Gasteiger partial charge >= 0.3 is 0 Å². The van der Waals surface area contributed by atoms with Crippen molar-refractivity contribution in [2.24, 2.45) is 5.92 Å². The molecule has 0 aliphatic carbocycles. The molecule has 122 valence electrons. The normalized spacial score (nSPS) is 15.9. The van der Waals surface area contributed by atoms with Gasteiger partial charge in [-0.2, -0.15) is 0 Å². The Morgan fingerprint density at radius 2 is 1.96 bits per heavy atom. The first-order chi connectivity index (χ1) is 11.0. The third-order valence-electron chi connectivity index (χ3n) is 4.45.